The predicted molar refractivity (Wildman–Crippen MR) is 91.1 cm³/mol. The van der Waals surface area contributed by atoms with Crippen molar-refractivity contribution >= 4 is 17.5 Å². The molecule has 0 atom stereocenters. The minimum atomic E-state index is -4.65. The van der Waals surface area contributed by atoms with Crippen LogP contribution in [0.4, 0.5) is 18.9 Å². The molecule has 3 rings (SSSR count). The molecule has 0 bridgehead atoms. The first-order valence-corrected chi connectivity index (χ1v) is 8.22. The molecule has 1 aliphatic rings. The van der Waals surface area contributed by atoms with Gasteiger partial charge in [-0.15, -0.1) is 0 Å². The average Bonchev–Trinajstić information content (AvgIpc) is 3.01. The van der Waals surface area contributed by atoms with Gasteiger partial charge in [-0.25, -0.2) is 0 Å². The summed E-state index contributed by atoms with van der Waals surface area (Å²) in [5.74, 6) is -0.672. The number of H-pyrrole nitrogens is 1. The molecule has 1 saturated heterocycles. The van der Waals surface area contributed by atoms with Crippen LogP contribution >= 0.6 is 0 Å². The molecule has 6 nitrogen and oxygen atoms in total. The number of anilines is 1. The van der Waals surface area contributed by atoms with Crippen LogP contribution in [0, 0.1) is 0 Å². The molecule has 0 saturated carbocycles. The lowest BCUT2D eigenvalue weighted by atomic mass is 10.1. The Hall–Kier alpha value is -3.10. The van der Waals surface area contributed by atoms with Crippen molar-refractivity contribution in [2.24, 2.45) is 0 Å². The van der Waals surface area contributed by atoms with Gasteiger partial charge in [0.05, 0.1) is 5.56 Å². The highest BCUT2D eigenvalue weighted by Gasteiger charge is 2.31. The summed E-state index contributed by atoms with van der Waals surface area (Å²) in [5, 5.41) is 2.21. The summed E-state index contributed by atoms with van der Waals surface area (Å²) in [7, 11) is 0. The summed E-state index contributed by atoms with van der Waals surface area (Å²) in [6.45, 7) is 0.999. The van der Waals surface area contributed by atoms with E-state index in [4.69, 9.17) is 0 Å². The van der Waals surface area contributed by atoms with E-state index in [-0.39, 0.29) is 11.5 Å². The maximum Gasteiger partial charge on any atom is 0.417 e. The van der Waals surface area contributed by atoms with Gasteiger partial charge in [0.25, 0.3) is 11.5 Å². The molecule has 0 unspecified atom stereocenters. The standard InChI is InChI=1S/C18H16F3N3O3/c19-18(20,21)13-8-14(17(27)22-9-13)23-16(26)12-4-1-3-11(7-12)10-24-6-2-5-15(24)25/h1,3-4,7-9H,2,5-6,10H2,(H,22,27)(H,23,26). The van der Waals surface area contributed by atoms with Crippen LogP contribution in [0.1, 0.15) is 34.3 Å². The summed E-state index contributed by atoms with van der Waals surface area (Å²) in [4.78, 5) is 39.4. The van der Waals surface area contributed by atoms with Gasteiger partial charge in [0.1, 0.15) is 5.69 Å². The van der Waals surface area contributed by atoms with E-state index in [0.717, 1.165) is 12.0 Å². The van der Waals surface area contributed by atoms with Gasteiger partial charge >= 0.3 is 6.18 Å². The van der Waals surface area contributed by atoms with E-state index in [2.05, 4.69) is 5.32 Å². The van der Waals surface area contributed by atoms with Crippen LogP contribution in [0.15, 0.2) is 41.3 Å². The quantitative estimate of drug-likeness (QED) is 0.857. The maximum atomic E-state index is 12.8. The highest BCUT2D eigenvalue weighted by molar-refractivity contribution is 6.04. The molecule has 0 aliphatic carbocycles. The molecule has 2 amide bonds. The van der Waals surface area contributed by atoms with E-state index in [1.54, 1.807) is 23.1 Å². The fourth-order valence-electron chi connectivity index (χ4n) is 2.84. The Bertz CT molecular complexity index is 937. The number of amides is 2. The number of alkyl halides is 3. The van der Waals surface area contributed by atoms with Crippen molar-refractivity contribution in [2.45, 2.75) is 25.6 Å². The molecular formula is C18H16F3N3O3. The van der Waals surface area contributed by atoms with Crippen LogP contribution < -0.4 is 10.9 Å². The van der Waals surface area contributed by atoms with Crippen LogP contribution in [0.5, 0.6) is 0 Å². The third kappa shape index (κ3) is 4.36. The van der Waals surface area contributed by atoms with Gasteiger partial charge in [-0.05, 0) is 30.2 Å². The normalized spacial score (nSPS) is 14.5. The smallest absolute Gasteiger partial charge is 0.338 e. The number of rotatable bonds is 4. The first-order chi connectivity index (χ1) is 12.7. The molecule has 9 heteroatoms. The monoisotopic (exact) mass is 379 g/mol. The van der Waals surface area contributed by atoms with Crippen LogP contribution in [-0.2, 0) is 17.5 Å². The van der Waals surface area contributed by atoms with Gasteiger partial charge in [-0.2, -0.15) is 13.2 Å². The summed E-state index contributed by atoms with van der Waals surface area (Å²) < 4.78 is 38.3. The molecule has 2 N–H and O–H groups in total. The van der Waals surface area contributed by atoms with E-state index < -0.39 is 28.9 Å². The molecule has 2 aromatic rings. The second-order valence-corrected chi connectivity index (χ2v) is 6.20. The molecule has 27 heavy (non-hydrogen) atoms. The number of likely N-dealkylation sites (tertiary alicyclic amines) is 1. The lowest BCUT2D eigenvalue weighted by Gasteiger charge is -2.16. The molecule has 0 spiro atoms. The number of nitrogens with zero attached hydrogens (tertiary/aromatic N) is 1. The Kier molecular flexibility index (Phi) is 5.02. The fraction of sp³-hybridized carbons (Fsp3) is 0.278. The number of aromatic nitrogens is 1. The van der Waals surface area contributed by atoms with Crippen LogP contribution in [-0.4, -0.2) is 28.2 Å². The van der Waals surface area contributed by atoms with Gasteiger partial charge in [-0.1, -0.05) is 12.1 Å². The molecule has 1 aliphatic heterocycles. The molecule has 0 radical (unpaired) electrons. The number of hydrogen-bond acceptors (Lipinski definition) is 3. The van der Waals surface area contributed by atoms with E-state index in [1.807, 2.05) is 4.98 Å². The Balaban J connectivity index is 1.78. The summed E-state index contributed by atoms with van der Waals surface area (Å²) in [5.41, 5.74) is -1.50. The Morgan fingerprint density at radius 2 is 2.00 bits per heavy atom. The lowest BCUT2D eigenvalue weighted by molar-refractivity contribution is -0.137. The number of pyridine rings is 1. The topological polar surface area (TPSA) is 82.3 Å². The van der Waals surface area contributed by atoms with Crippen molar-refractivity contribution in [3.8, 4) is 0 Å². The van der Waals surface area contributed by atoms with Crippen molar-refractivity contribution in [1.82, 2.24) is 9.88 Å². The average molecular weight is 379 g/mol. The van der Waals surface area contributed by atoms with Crippen LogP contribution in [0.3, 0.4) is 0 Å². The Morgan fingerprint density at radius 1 is 1.22 bits per heavy atom. The van der Waals surface area contributed by atoms with Gasteiger partial charge < -0.3 is 15.2 Å². The summed E-state index contributed by atoms with van der Waals surface area (Å²) in [6.07, 6.45) is -2.81. The number of hydrogen-bond donors (Lipinski definition) is 2. The fourth-order valence-corrected chi connectivity index (χ4v) is 2.84. The number of nitrogens with one attached hydrogen (secondary N) is 2. The highest BCUT2D eigenvalue weighted by atomic mass is 19.4. The Morgan fingerprint density at radius 3 is 2.67 bits per heavy atom. The third-order valence-electron chi connectivity index (χ3n) is 4.21. The Labute approximate surface area is 152 Å². The zero-order valence-electron chi connectivity index (χ0n) is 14.1. The SMILES string of the molecule is O=C(Nc1cc(C(F)(F)F)c[nH]c1=O)c1cccc(CN2CCCC2=O)c1. The number of carbonyl (C=O) groups excluding carboxylic acids is 2. The predicted octanol–water partition coefficient (Wildman–Crippen LogP) is 2.77. The zero-order valence-corrected chi connectivity index (χ0v) is 14.1. The summed E-state index contributed by atoms with van der Waals surface area (Å²) >= 11 is 0. The van der Waals surface area contributed by atoms with Crippen molar-refractivity contribution in [3.05, 3.63) is 63.6 Å². The molecule has 142 valence electrons. The van der Waals surface area contributed by atoms with Crippen LogP contribution in [0.25, 0.3) is 0 Å². The van der Waals surface area contributed by atoms with E-state index in [0.29, 0.717) is 31.8 Å². The first-order valence-electron chi connectivity index (χ1n) is 8.22. The number of halogens is 3. The van der Waals surface area contributed by atoms with E-state index >= 15 is 0 Å². The number of carbonyl (C=O) groups is 2. The summed E-state index contributed by atoms with van der Waals surface area (Å²) in [6, 6.07) is 6.97. The number of benzene rings is 1. The second-order valence-electron chi connectivity index (χ2n) is 6.20. The second kappa shape index (κ2) is 7.26. The molecule has 2 heterocycles. The van der Waals surface area contributed by atoms with Crippen molar-refractivity contribution in [1.29, 1.82) is 0 Å². The number of aromatic amines is 1. The lowest BCUT2D eigenvalue weighted by Crippen LogP contribution is -2.24. The van der Waals surface area contributed by atoms with Crippen molar-refractivity contribution in [2.75, 3.05) is 11.9 Å². The molecule has 1 aromatic heterocycles. The minimum absolute atomic E-state index is 0.0420. The first kappa shape index (κ1) is 18.7. The van der Waals surface area contributed by atoms with Gasteiger partial charge in [0, 0.05) is 31.3 Å². The van der Waals surface area contributed by atoms with Gasteiger partial charge in [0.2, 0.25) is 5.91 Å². The maximum absolute atomic E-state index is 12.8. The van der Waals surface area contributed by atoms with E-state index in [1.165, 1.54) is 6.07 Å². The zero-order chi connectivity index (χ0) is 19.6. The molecule has 1 aromatic carbocycles. The minimum Gasteiger partial charge on any atom is -0.338 e. The van der Waals surface area contributed by atoms with Crippen molar-refractivity contribution in [3.63, 3.8) is 0 Å². The highest BCUT2D eigenvalue weighted by Crippen LogP contribution is 2.29. The molecule has 1 fully saturated rings. The third-order valence-corrected chi connectivity index (χ3v) is 4.21. The van der Waals surface area contributed by atoms with Crippen molar-refractivity contribution < 1.29 is 22.8 Å². The van der Waals surface area contributed by atoms with Gasteiger partial charge in [-0.3, -0.25) is 14.4 Å². The van der Waals surface area contributed by atoms with Gasteiger partial charge in [0.15, 0.2) is 0 Å². The largest absolute Gasteiger partial charge is 0.417 e. The van der Waals surface area contributed by atoms with Crippen LogP contribution in [0.2, 0.25) is 0 Å². The van der Waals surface area contributed by atoms with E-state index in [9.17, 15) is 27.6 Å². The molecular weight excluding hydrogens is 363 g/mol.